The molecule has 0 radical (unpaired) electrons. The molecule has 0 spiro atoms. The molecule has 1 N–H and O–H groups in total. The van der Waals surface area contributed by atoms with Crippen molar-refractivity contribution in [2.24, 2.45) is 0 Å². The van der Waals surface area contributed by atoms with E-state index in [9.17, 15) is 13.6 Å². The van der Waals surface area contributed by atoms with Gasteiger partial charge in [-0.1, -0.05) is 24.3 Å². The fraction of sp³-hybridized carbons (Fsp3) is 0.286. The van der Waals surface area contributed by atoms with Crippen LogP contribution in [0.1, 0.15) is 37.1 Å². The topological polar surface area (TPSA) is 58.1 Å². The number of hydrogen-bond donors (Lipinski definition) is 1. The molecule has 1 aliphatic heterocycles. The third-order valence-electron chi connectivity index (χ3n) is 4.82. The number of halogens is 2. The maximum absolute atomic E-state index is 13.1. The summed E-state index contributed by atoms with van der Waals surface area (Å²) < 4.78 is 26.3. The molecule has 2 aromatic carbocycles. The van der Waals surface area contributed by atoms with Crippen LogP contribution in [0.5, 0.6) is 0 Å². The van der Waals surface area contributed by atoms with Crippen molar-refractivity contribution in [2.75, 3.05) is 16.8 Å². The SMILES string of the molecule is O=C1CCCCN1c1cccc(CNc2nc(C(F)F)nc3ccccc23)c1. The molecule has 0 saturated carbocycles. The number of amides is 1. The maximum Gasteiger partial charge on any atom is 0.297 e. The Morgan fingerprint density at radius 3 is 2.75 bits per heavy atom. The van der Waals surface area contributed by atoms with Gasteiger partial charge in [0.05, 0.1) is 5.52 Å². The van der Waals surface area contributed by atoms with Crippen molar-refractivity contribution in [3.8, 4) is 0 Å². The van der Waals surface area contributed by atoms with Crippen molar-refractivity contribution < 1.29 is 13.6 Å². The zero-order chi connectivity index (χ0) is 19.5. The van der Waals surface area contributed by atoms with E-state index in [0.29, 0.717) is 29.7 Å². The smallest absolute Gasteiger partial charge is 0.297 e. The first-order valence-electron chi connectivity index (χ1n) is 9.30. The standard InChI is InChI=1S/C21H20F2N4O/c22-19(23)21-25-17-9-2-1-8-16(17)20(26-21)24-13-14-6-5-7-15(12-14)27-11-4-3-10-18(27)28/h1-2,5-9,12,19H,3-4,10-11,13H2,(H,24,25,26). The lowest BCUT2D eigenvalue weighted by Crippen LogP contribution is -2.35. The van der Waals surface area contributed by atoms with E-state index in [1.54, 1.807) is 18.2 Å². The second-order valence-corrected chi connectivity index (χ2v) is 6.77. The van der Waals surface area contributed by atoms with Gasteiger partial charge in [0.2, 0.25) is 5.91 Å². The second kappa shape index (κ2) is 7.88. The molecule has 1 aromatic heterocycles. The van der Waals surface area contributed by atoms with Gasteiger partial charge in [0.25, 0.3) is 6.43 Å². The summed E-state index contributed by atoms with van der Waals surface area (Å²) in [4.78, 5) is 21.9. The number of para-hydroxylation sites is 1. The predicted molar refractivity (Wildman–Crippen MR) is 104 cm³/mol. The van der Waals surface area contributed by atoms with Crippen LogP contribution in [0.2, 0.25) is 0 Å². The number of fused-ring (bicyclic) bond motifs is 1. The molecule has 3 aromatic rings. The van der Waals surface area contributed by atoms with E-state index in [4.69, 9.17) is 0 Å². The molecule has 28 heavy (non-hydrogen) atoms. The highest BCUT2D eigenvalue weighted by molar-refractivity contribution is 5.94. The number of nitrogens with zero attached hydrogens (tertiary/aromatic N) is 3. The van der Waals surface area contributed by atoms with Gasteiger partial charge >= 0.3 is 0 Å². The van der Waals surface area contributed by atoms with Gasteiger partial charge in [-0.05, 0) is 42.7 Å². The first-order valence-corrected chi connectivity index (χ1v) is 9.30. The molecule has 0 aliphatic carbocycles. The van der Waals surface area contributed by atoms with Crippen molar-refractivity contribution in [3.63, 3.8) is 0 Å². The van der Waals surface area contributed by atoms with Crippen molar-refractivity contribution in [3.05, 3.63) is 59.9 Å². The first kappa shape index (κ1) is 18.3. The van der Waals surface area contributed by atoms with Gasteiger partial charge in [0, 0.05) is 30.6 Å². The van der Waals surface area contributed by atoms with E-state index < -0.39 is 12.2 Å². The Balaban J connectivity index is 1.58. The molecule has 144 valence electrons. The van der Waals surface area contributed by atoms with E-state index in [2.05, 4.69) is 15.3 Å². The third kappa shape index (κ3) is 3.78. The largest absolute Gasteiger partial charge is 0.365 e. The summed E-state index contributed by atoms with van der Waals surface area (Å²) in [5, 5.41) is 3.84. The van der Waals surface area contributed by atoms with E-state index >= 15 is 0 Å². The zero-order valence-electron chi connectivity index (χ0n) is 15.2. The lowest BCUT2D eigenvalue weighted by atomic mass is 10.1. The molecular weight excluding hydrogens is 362 g/mol. The Kier molecular flexibility index (Phi) is 5.14. The Labute approximate surface area is 161 Å². The van der Waals surface area contributed by atoms with Crippen LogP contribution in [0.25, 0.3) is 10.9 Å². The van der Waals surface area contributed by atoms with Crippen molar-refractivity contribution in [1.82, 2.24) is 9.97 Å². The second-order valence-electron chi connectivity index (χ2n) is 6.77. The number of hydrogen-bond acceptors (Lipinski definition) is 4. The highest BCUT2D eigenvalue weighted by Crippen LogP contribution is 2.26. The molecule has 2 heterocycles. The minimum atomic E-state index is -2.74. The number of anilines is 2. The van der Waals surface area contributed by atoms with Gasteiger partial charge in [0.1, 0.15) is 5.82 Å². The summed E-state index contributed by atoms with van der Waals surface area (Å²) in [5.41, 5.74) is 2.28. The number of piperidine rings is 1. The number of carbonyl (C=O) groups excluding carboxylic acids is 1. The molecule has 1 amide bonds. The van der Waals surface area contributed by atoms with Gasteiger partial charge in [0.15, 0.2) is 5.82 Å². The number of alkyl halides is 2. The summed E-state index contributed by atoms with van der Waals surface area (Å²) in [6.07, 6.45) is -0.230. The summed E-state index contributed by atoms with van der Waals surface area (Å²) in [7, 11) is 0. The van der Waals surface area contributed by atoms with Crippen molar-refractivity contribution in [2.45, 2.75) is 32.2 Å². The number of rotatable bonds is 5. The lowest BCUT2D eigenvalue weighted by molar-refractivity contribution is -0.119. The predicted octanol–water partition coefficient (Wildman–Crippen LogP) is 4.70. The summed E-state index contributed by atoms with van der Waals surface area (Å²) in [6.45, 7) is 1.13. The van der Waals surface area contributed by atoms with Crippen LogP contribution in [0.15, 0.2) is 48.5 Å². The molecular formula is C21H20F2N4O. The van der Waals surface area contributed by atoms with Crippen LogP contribution in [-0.2, 0) is 11.3 Å². The van der Waals surface area contributed by atoms with E-state index in [1.807, 2.05) is 35.2 Å². The minimum absolute atomic E-state index is 0.139. The molecule has 7 heteroatoms. The molecule has 0 atom stereocenters. The molecule has 1 aliphatic rings. The van der Waals surface area contributed by atoms with E-state index in [1.165, 1.54) is 0 Å². The van der Waals surface area contributed by atoms with Gasteiger partial charge < -0.3 is 10.2 Å². The third-order valence-corrected chi connectivity index (χ3v) is 4.82. The zero-order valence-corrected chi connectivity index (χ0v) is 15.2. The fourth-order valence-electron chi connectivity index (χ4n) is 3.43. The molecule has 5 nitrogen and oxygen atoms in total. The Morgan fingerprint density at radius 2 is 1.93 bits per heavy atom. The van der Waals surface area contributed by atoms with Gasteiger partial charge in [-0.25, -0.2) is 18.7 Å². The van der Waals surface area contributed by atoms with Crippen LogP contribution in [0.4, 0.5) is 20.3 Å². The van der Waals surface area contributed by atoms with Crippen molar-refractivity contribution in [1.29, 1.82) is 0 Å². The van der Waals surface area contributed by atoms with Crippen LogP contribution >= 0.6 is 0 Å². The van der Waals surface area contributed by atoms with E-state index in [0.717, 1.165) is 30.6 Å². The van der Waals surface area contributed by atoms with E-state index in [-0.39, 0.29) is 5.91 Å². The number of aromatic nitrogens is 2. The fourth-order valence-corrected chi connectivity index (χ4v) is 3.43. The molecule has 0 bridgehead atoms. The van der Waals surface area contributed by atoms with Gasteiger partial charge in [-0.15, -0.1) is 0 Å². The normalized spacial score (nSPS) is 14.7. The average Bonchev–Trinajstić information content (AvgIpc) is 2.72. The quantitative estimate of drug-likeness (QED) is 0.695. The van der Waals surface area contributed by atoms with Crippen LogP contribution < -0.4 is 10.2 Å². The number of carbonyl (C=O) groups is 1. The monoisotopic (exact) mass is 382 g/mol. The summed E-state index contributed by atoms with van der Waals surface area (Å²) in [5.74, 6) is 0.0222. The van der Waals surface area contributed by atoms with Crippen LogP contribution in [0, 0.1) is 0 Å². The summed E-state index contributed by atoms with van der Waals surface area (Å²) >= 11 is 0. The highest BCUT2D eigenvalue weighted by Gasteiger charge is 2.20. The molecule has 0 unspecified atom stereocenters. The molecule has 1 saturated heterocycles. The van der Waals surface area contributed by atoms with Gasteiger partial charge in [-0.2, -0.15) is 0 Å². The molecule has 4 rings (SSSR count). The maximum atomic E-state index is 13.1. The lowest BCUT2D eigenvalue weighted by Gasteiger charge is -2.27. The Bertz CT molecular complexity index is 1010. The van der Waals surface area contributed by atoms with Gasteiger partial charge in [-0.3, -0.25) is 4.79 Å². The molecule has 1 fully saturated rings. The minimum Gasteiger partial charge on any atom is -0.365 e. The first-order chi connectivity index (χ1) is 13.6. The average molecular weight is 382 g/mol. The highest BCUT2D eigenvalue weighted by atomic mass is 19.3. The summed E-state index contributed by atoms with van der Waals surface area (Å²) in [6, 6.07) is 14.8. The Hall–Kier alpha value is -3.09. The Morgan fingerprint density at radius 1 is 1.07 bits per heavy atom. The number of benzene rings is 2. The van der Waals surface area contributed by atoms with Crippen LogP contribution in [-0.4, -0.2) is 22.4 Å². The number of nitrogens with one attached hydrogen (secondary N) is 1. The van der Waals surface area contributed by atoms with Crippen LogP contribution in [0.3, 0.4) is 0 Å². The van der Waals surface area contributed by atoms with Crippen molar-refractivity contribution >= 4 is 28.3 Å².